The molecule has 3 rings (SSSR count). The Hall–Kier alpha value is -2.08. The van der Waals surface area contributed by atoms with E-state index in [9.17, 15) is 9.18 Å². The smallest absolute Gasteiger partial charge is 0.252 e. The first kappa shape index (κ1) is 14.8. The molecule has 114 valence electrons. The molecule has 4 nitrogen and oxygen atoms in total. The van der Waals surface area contributed by atoms with Crippen LogP contribution >= 0.6 is 15.9 Å². The summed E-state index contributed by atoms with van der Waals surface area (Å²) in [5.74, 6) is 0.699. The van der Waals surface area contributed by atoms with Gasteiger partial charge in [-0.25, -0.2) is 4.39 Å². The highest BCUT2D eigenvalue weighted by Gasteiger charge is 2.14. The predicted octanol–water partition coefficient (Wildman–Crippen LogP) is 3.29. The van der Waals surface area contributed by atoms with E-state index in [1.807, 2.05) is 18.2 Å². The van der Waals surface area contributed by atoms with Crippen molar-refractivity contribution < 1.29 is 18.7 Å². The number of hydrogen-bond acceptors (Lipinski definition) is 3. The van der Waals surface area contributed by atoms with Crippen LogP contribution in [0.1, 0.15) is 15.9 Å². The summed E-state index contributed by atoms with van der Waals surface area (Å²) in [7, 11) is 0. The minimum absolute atomic E-state index is 0.239. The lowest BCUT2D eigenvalue weighted by molar-refractivity contribution is 0.0953. The monoisotopic (exact) mass is 365 g/mol. The summed E-state index contributed by atoms with van der Waals surface area (Å²) in [6.07, 6.45) is 0.648. The Labute approximate surface area is 135 Å². The maximum atomic E-state index is 13.2. The van der Waals surface area contributed by atoms with E-state index in [1.165, 1.54) is 18.2 Å². The van der Waals surface area contributed by atoms with E-state index in [2.05, 4.69) is 21.2 Å². The maximum absolute atomic E-state index is 13.2. The van der Waals surface area contributed by atoms with E-state index in [-0.39, 0.29) is 18.3 Å². The molecule has 1 aliphatic rings. The quantitative estimate of drug-likeness (QED) is 0.904. The van der Waals surface area contributed by atoms with E-state index in [0.29, 0.717) is 17.4 Å². The topological polar surface area (TPSA) is 47.6 Å². The zero-order valence-corrected chi connectivity index (χ0v) is 13.2. The zero-order valence-electron chi connectivity index (χ0n) is 11.6. The van der Waals surface area contributed by atoms with Crippen LogP contribution in [-0.4, -0.2) is 19.2 Å². The molecule has 0 saturated carbocycles. The molecule has 2 aromatic rings. The van der Waals surface area contributed by atoms with Crippen LogP contribution in [0.15, 0.2) is 40.9 Å². The molecule has 0 bridgehead atoms. The highest BCUT2D eigenvalue weighted by molar-refractivity contribution is 9.10. The van der Waals surface area contributed by atoms with Crippen molar-refractivity contribution in [2.24, 2.45) is 0 Å². The zero-order chi connectivity index (χ0) is 15.5. The van der Waals surface area contributed by atoms with Crippen molar-refractivity contribution in [3.05, 3.63) is 57.8 Å². The van der Waals surface area contributed by atoms with Crippen LogP contribution in [0.5, 0.6) is 11.5 Å². The summed E-state index contributed by atoms with van der Waals surface area (Å²) in [5.41, 5.74) is 1.31. The second-order valence-electron chi connectivity index (χ2n) is 4.82. The number of hydrogen-bond donors (Lipinski definition) is 1. The van der Waals surface area contributed by atoms with Gasteiger partial charge in [0, 0.05) is 11.0 Å². The van der Waals surface area contributed by atoms with Gasteiger partial charge >= 0.3 is 0 Å². The largest absolute Gasteiger partial charge is 0.454 e. The minimum atomic E-state index is -0.441. The predicted molar refractivity (Wildman–Crippen MR) is 82.7 cm³/mol. The summed E-state index contributed by atoms with van der Waals surface area (Å²) in [6, 6.07) is 9.70. The van der Waals surface area contributed by atoms with Crippen molar-refractivity contribution in [1.29, 1.82) is 0 Å². The van der Waals surface area contributed by atoms with Crippen molar-refractivity contribution in [1.82, 2.24) is 5.32 Å². The molecule has 0 aromatic heterocycles. The summed E-state index contributed by atoms with van der Waals surface area (Å²) in [6.45, 7) is 0.685. The molecule has 1 aliphatic heterocycles. The summed E-state index contributed by atoms with van der Waals surface area (Å²) >= 11 is 3.24. The molecule has 0 aliphatic carbocycles. The molecule has 0 spiro atoms. The van der Waals surface area contributed by atoms with Gasteiger partial charge < -0.3 is 14.8 Å². The van der Waals surface area contributed by atoms with Crippen molar-refractivity contribution in [2.75, 3.05) is 13.3 Å². The molecule has 1 N–H and O–H groups in total. The Morgan fingerprint density at radius 3 is 2.86 bits per heavy atom. The number of carbonyl (C=O) groups excluding carboxylic acids is 1. The summed E-state index contributed by atoms with van der Waals surface area (Å²) in [4.78, 5) is 12.0. The Morgan fingerprint density at radius 1 is 1.18 bits per heavy atom. The van der Waals surface area contributed by atoms with Crippen molar-refractivity contribution >= 4 is 21.8 Å². The van der Waals surface area contributed by atoms with E-state index in [0.717, 1.165) is 17.1 Å². The van der Waals surface area contributed by atoms with Crippen LogP contribution in [0, 0.1) is 5.82 Å². The second-order valence-corrected chi connectivity index (χ2v) is 5.67. The third-order valence-corrected chi connectivity index (χ3v) is 4.00. The first-order valence-electron chi connectivity index (χ1n) is 6.75. The standard InChI is InChI=1S/C16H13BrFNO3/c17-13-3-2-11(18)8-12(13)16(20)19-6-5-10-1-4-14-15(7-10)22-9-21-14/h1-4,7-8H,5-6,9H2,(H,19,20). The Balaban J connectivity index is 1.59. The normalized spacial score (nSPS) is 12.3. The molecular formula is C16H13BrFNO3. The molecule has 6 heteroatoms. The van der Waals surface area contributed by atoms with Crippen LogP contribution in [0.4, 0.5) is 4.39 Å². The second kappa shape index (κ2) is 6.36. The highest BCUT2D eigenvalue weighted by atomic mass is 79.9. The van der Waals surface area contributed by atoms with Gasteiger partial charge in [0.2, 0.25) is 6.79 Å². The molecule has 0 unspecified atom stereocenters. The van der Waals surface area contributed by atoms with Crippen LogP contribution in [0.2, 0.25) is 0 Å². The molecule has 1 amide bonds. The number of halogens is 2. The van der Waals surface area contributed by atoms with Gasteiger partial charge in [-0.1, -0.05) is 6.07 Å². The van der Waals surface area contributed by atoms with Gasteiger partial charge in [-0.15, -0.1) is 0 Å². The van der Waals surface area contributed by atoms with Gasteiger partial charge in [-0.05, 0) is 58.2 Å². The van der Waals surface area contributed by atoms with Crippen molar-refractivity contribution in [2.45, 2.75) is 6.42 Å². The molecule has 0 radical (unpaired) electrons. The Morgan fingerprint density at radius 2 is 2.00 bits per heavy atom. The van der Waals surface area contributed by atoms with Gasteiger partial charge in [-0.3, -0.25) is 4.79 Å². The van der Waals surface area contributed by atoms with Crippen molar-refractivity contribution in [3.8, 4) is 11.5 Å². The summed E-state index contributed by atoms with van der Waals surface area (Å²) in [5, 5.41) is 2.78. The van der Waals surface area contributed by atoms with E-state index < -0.39 is 5.82 Å². The van der Waals surface area contributed by atoms with E-state index in [4.69, 9.17) is 9.47 Å². The molecule has 0 saturated heterocycles. The average molecular weight is 366 g/mol. The molecular weight excluding hydrogens is 353 g/mol. The first-order valence-corrected chi connectivity index (χ1v) is 7.54. The SMILES string of the molecule is O=C(NCCc1ccc2c(c1)OCO2)c1cc(F)ccc1Br. The van der Waals surface area contributed by atoms with Gasteiger partial charge in [-0.2, -0.15) is 0 Å². The van der Waals surface area contributed by atoms with Crippen LogP contribution in [0.3, 0.4) is 0 Å². The number of amides is 1. The third kappa shape index (κ3) is 3.22. The van der Waals surface area contributed by atoms with Gasteiger partial charge in [0.15, 0.2) is 11.5 Å². The number of carbonyl (C=O) groups is 1. The summed E-state index contributed by atoms with van der Waals surface area (Å²) < 4.78 is 24.3. The molecule has 0 fully saturated rings. The number of rotatable bonds is 4. The average Bonchev–Trinajstić information content (AvgIpc) is 2.97. The van der Waals surface area contributed by atoms with Crippen LogP contribution < -0.4 is 14.8 Å². The molecule has 22 heavy (non-hydrogen) atoms. The fourth-order valence-electron chi connectivity index (χ4n) is 2.18. The molecule has 2 aromatic carbocycles. The van der Waals surface area contributed by atoms with Gasteiger partial charge in [0.1, 0.15) is 5.82 Å². The lowest BCUT2D eigenvalue weighted by Gasteiger charge is -2.07. The van der Waals surface area contributed by atoms with Crippen molar-refractivity contribution in [3.63, 3.8) is 0 Å². The fourth-order valence-corrected chi connectivity index (χ4v) is 2.61. The number of ether oxygens (including phenoxy) is 2. The first-order chi connectivity index (χ1) is 10.6. The minimum Gasteiger partial charge on any atom is -0.454 e. The lowest BCUT2D eigenvalue weighted by Crippen LogP contribution is -2.26. The number of fused-ring (bicyclic) bond motifs is 1. The Kier molecular flexibility index (Phi) is 4.29. The highest BCUT2D eigenvalue weighted by Crippen LogP contribution is 2.32. The molecule has 1 heterocycles. The fraction of sp³-hybridized carbons (Fsp3) is 0.188. The Bertz CT molecular complexity index is 721. The van der Waals surface area contributed by atoms with Gasteiger partial charge in [0.25, 0.3) is 5.91 Å². The maximum Gasteiger partial charge on any atom is 0.252 e. The van der Waals surface area contributed by atoms with Crippen LogP contribution in [0.25, 0.3) is 0 Å². The molecule has 0 atom stereocenters. The number of nitrogens with one attached hydrogen (secondary N) is 1. The number of benzene rings is 2. The third-order valence-electron chi connectivity index (χ3n) is 3.31. The van der Waals surface area contributed by atoms with Crippen LogP contribution in [-0.2, 0) is 6.42 Å². The lowest BCUT2D eigenvalue weighted by atomic mass is 10.1. The van der Waals surface area contributed by atoms with Gasteiger partial charge in [0.05, 0.1) is 5.56 Å². The van der Waals surface area contributed by atoms with E-state index >= 15 is 0 Å². The van der Waals surface area contributed by atoms with E-state index in [1.54, 1.807) is 0 Å².